The van der Waals surface area contributed by atoms with Gasteiger partial charge in [-0.3, -0.25) is 4.79 Å². The van der Waals surface area contributed by atoms with E-state index in [-0.39, 0.29) is 18.1 Å². The van der Waals surface area contributed by atoms with Crippen molar-refractivity contribution in [3.8, 4) is 0 Å². The molecule has 1 aliphatic heterocycles. The van der Waals surface area contributed by atoms with Gasteiger partial charge < -0.3 is 15.6 Å². The van der Waals surface area contributed by atoms with Gasteiger partial charge in [0.05, 0.1) is 12.5 Å². The summed E-state index contributed by atoms with van der Waals surface area (Å²) in [5, 5.41) is 8.73. The summed E-state index contributed by atoms with van der Waals surface area (Å²) in [5.74, 6) is -0.174. The molecule has 0 aromatic carbocycles. The molecule has 1 unspecified atom stereocenters. The van der Waals surface area contributed by atoms with Crippen LogP contribution in [0.4, 0.5) is 0 Å². The van der Waals surface area contributed by atoms with Crippen molar-refractivity contribution in [2.45, 2.75) is 44.2 Å². The Bertz CT molecular complexity index is 166. The van der Waals surface area contributed by atoms with Crippen molar-refractivity contribution in [2.24, 2.45) is 5.73 Å². The molecule has 2 rings (SSSR count). The number of nitrogens with two attached hydrogens (primary N) is 1. The van der Waals surface area contributed by atoms with Crippen LogP contribution in [0.2, 0.25) is 0 Å². The minimum absolute atomic E-state index is 0.0463. The second-order valence-corrected chi connectivity index (χ2v) is 3.59. The molecular formula is C9H17NO3. The van der Waals surface area contributed by atoms with Gasteiger partial charge in [0.1, 0.15) is 6.61 Å². The lowest BCUT2D eigenvalue weighted by atomic mass is 10.3. The van der Waals surface area contributed by atoms with Gasteiger partial charge in [0.25, 0.3) is 0 Å². The van der Waals surface area contributed by atoms with Crippen LogP contribution in [0.15, 0.2) is 0 Å². The van der Waals surface area contributed by atoms with E-state index in [1.54, 1.807) is 0 Å². The third kappa shape index (κ3) is 4.24. The van der Waals surface area contributed by atoms with Crippen LogP contribution in [-0.2, 0) is 9.53 Å². The van der Waals surface area contributed by atoms with Crippen LogP contribution < -0.4 is 5.73 Å². The number of aliphatic hydroxyl groups excluding tert-OH is 1. The van der Waals surface area contributed by atoms with Gasteiger partial charge in [0, 0.05) is 6.04 Å². The summed E-state index contributed by atoms with van der Waals surface area (Å²) in [6.45, 7) is 0.402. The molecule has 0 amide bonds. The first-order valence-electron chi connectivity index (χ1n) is 4.78. The lowest BCUT2D eigenvalue weighted by Crippen LogP contribution is -2.18. The molecule has 76 valence electrons. The van der Waals surface area contributed by atoms with E-state index in [0.29, 0.717) is 13.0 Å². The van der Waals surface area contributed by atoms with Crippen LogP contribution in [0.1, 0.15) is 32.1 Å². The Morgan fingerprint density at radius 1 is 1.38 bits per heavy atom. The van der Waals surface area contributed by atoms with E-state index in [9.17, 15) is 4.79 Å². The van der Waals surface area contributed by atoms with Crippen molar-refractivity contribution in [1.29, 1.82) is 0 Å². The largest absolute Gasteiger partial charge is 0.464 e. The Labute approximate surface area is 78.1 Å². The van der Waals surface area contributed by atoms with Crippen molar-refractivity contribution < 1.29 is 14.6 Å². The summed E-state index contributed by atoms with van der Waals surface area (Å²) in [7, 11) is 0. The van der Waals surface area contributed by atoms with E-state index in [1.165, 1.54) is 12.8 Å². The second kappa shape index (κ2) is 5.19. The molecule has 2 fully saturated rings. The van der Waals surface area contributed by atoms with Crippen molar-refractivity contribution in [2.75, 3.05) is 6.61 Å². The van der Waals surface area contributed by atoms with E-state index in [0.717, 1.165) is 12.8 Å². The van der Waals surface area contributed by atoms with E-state index in [1.807, 2.05) is 0 Å². The molecule has 1 saturated heterocycles. The number of esters is 1. The van der Waals surface area contributed by atoms with Crippen LogP contribution in [0.5, 0.6) is 0 Å². The molecule has 13 heavy (non-hydrogen) atoms. The summed E-state index contributed by atoms with van der Waals surface area (Å²) in [6.07, 6.45) is 4.99. The van der Waals surface area contributed by atoms with E-state index >= 15 is 0 Å². The van der Waals surface area contributed by atoms with Crippen molar-refractivity contribution in [3.05, 3.63) is 0 Å². The van der Waals surface area contributed by atoms with Gasteiger partial charge in [-0.2, -0.15) is 0 Å². The Kier molecular flexibility index (Phi) is 4.18. The molecule has 4 nitrogen and oxygen atoms in total. The minimum atomic E-state index is -0.174. The number of carbonyl (C=O) groups is 1. The van der Waals surface area contributed by atoms with Crippen LogP contribution >= 0.6 is 0 Å². The zero-order valence-electron chi connectivity index (χ0n) is 7.74. The maximum Gasteiger partial charge on any atom is 0.307 e. The Balaban J connectivity index is 0.000000132. The monoisotopic (exact) mass is 187 g/mol. The van der Waals surface area contributed by atoms with Gasteiger partial charge in [-0.1, -0.05) is 12.8 Å². The zero-order valence-corrected chi connectivity index (χ0v) is 7.74. The van der Waals surface area contributed by atoms with E-state index < -0.39 is 0 Å². The predicted molar refractivity (Wildman–Crippen MR) is 48.0 cm³/mol. The predicted octanol–water partition coefficient (Wildman–Crippen LogP) is 0.182. The average Bonchev–Trinajstić information content (AvgIpc) is 2.64. The van der Waals surface area contributed by atoms with Gasteiger partial charge in [-0.25, -0.2) is 0 Å². The average molecular weight is 187 g/mol. The molecular weight excluding hydrogens is 170 g/mol. The highest BCUT2D eigenvalue weighted by molar-refractivity contribution is 5.72. The number of carbonyl (C=O) groups excluding carboxylic acids is 1. The topological polar surface area (TPSA) is 72.5 Å². The van der Waals surface area contributed by atoms with Gasteiger partial charge >= 0.3 is 5.97 Å². The summed E-state index contributed by atoms with van der Waals surface area (Å²) < 4.78 is 4.50. The van der Waals surface area contributed by atoms with Gasteiger partial charge in [-0.15, -0.1) is 0 Å². The Morgan fingerprint density at radius 2 is 2.00 bits per heavy atom. The Morgan fingerprint density at radius 3 is 2.15 bits per heavy atom. The van der Waals surface area contributed by atoms with Crippen LogP contribution in [0.25, 0.3) is 0 Å². The molecule has 1 saturated carbocycles. The maximum absolute atomic E-state index is 10.2. The zero-order chi connectivity index (χ0) is 9.68. The molecule has 0 aromatic heterocycles. The smallest absolute Gasteiger partial charge is 0.307 e. The van der Waals surface area contributed by atoms with Gasteiger partial charge in [0.15, 0.2) is 0 Å². The normalized spacial score (nSPS) is 28.2. The third-order valence-corrected chi connectivity index (χ3v) is 2.21. The molecule has 4 heteroatoms. The van der Waals surface area contributed by atoms with Crippen molar-refractivity contribution in [1.82, 2.24) is 0 Å². The first-order valence-corrected chi connectivity index (χ1v) is 4.78. The fourth-order valence-electron chi connectivity index (χ4n) is 1.44. The highest BCUT2D eigenvalue weighted by atomic mass is 16.5. The molecule has 1 atom stereocenters. The number of hydrogen-bond donors (Lipinski definition) is 2. The molecule has 0 radical (unpaired) electrons. The number of cyclic esters (lactones) is 1. The molecule has 2 aliphatic rings. The van der Waals surface area contributed by atoms with Gasteiger partial charge in [0.2, 0.25) is 0 Å². The number of ether oxygens (including phenoxy) is 1. The standard InChI is InChI=1S/C5H10O.C4H7NO2/c6-5-3-1-2-4-5;5-3-1-4(6)7-2-3/h5-6H,1-4H2;3H,1-2,5H2. The highest BCUT2D eigenvalue weighted by Crippen LogP contribution is 2.16. The van der Waals surface area contributed by atoms with Crippen LogP contribution in [-0.4, -0.2) is 29.8 Å². The summed E-state index contributed by atoms with van der Waals surface area (Å²) in [6, 6.07) is -0.0486. The minimum Gasteiger partial charge on any atom is -0.464 e. The van der Waals surface area contributed by atoms with E-state index in [4.69, 9.17) is 10.8 Å². The molecule has 0 spiro atoms. The molecule has 1 heterocycles. The lowest BCUT2D eigenvalue weighted by Gasteiger charge is -1.91. The quantitative estimate of drug-likeness (QED) is 0.531. The first kappa shape index (κ1) is 10.5. The van der Waals surface area contributed by atoms with Crippen molar-refractivity contribution in [3.63, 3.8) is 0 Å². The fraction of sp³-hybridized carbons (Fsp3) is 0.889. The third-order valence-electron chi connectivity index (χ3n) is 2.21. The second-order valence-electron chi connectivity index (χ2n) is 3.59. The van der Waals surface area contributed by atoms with Crippen LogP contribution in [0.3, 0.4) is 0 Å². The Hall–Kier alpha value is -0.610. The van der Waals surface area contributed by atoms with Gasteiger partial charge in [-0.05, 0) is 12.8 Å². The first-order chi connectivity index (χ1) is 6.18. The number of aliphatic hydroxyl groups is 1. The van der Waals surface area contributed by atoms with Crippen molar-refractivity contribution >= 4 is 5.97 Å². The summed E-state index contributed by atoms with van der Waals surface area (Å²) in [5.41, 5.74) is 5.28. The molecule has 0 aromatic rings. The highest BCUT2D eigenvalue weighted by Gasteiger charge is 2.18. The maximum atomic E-state index is 10.2. The van der Waals surface area contributed by atoms with Crippen LogP contribution in [0, 0.1) is 0 Å². The molecule has 1 aliphatic carbocycles. The SMILES string of the molecule is NC1COC(=O)C1.OC1CCCC1. The lowest BCUT2D eigenvalue weighted by molar-refractivity contribution is -0.137. The summed E-state index contributed by atoms with van der Waals surface area (Å²) in [4.78, 5) is 10.2. The number of rotatable bonds is 0. The summed E-state index contributed by atoms with van der Waals surface area (Å²) >= 11 is 0. The molecule has 0 bridgehead atoms. The fourth-order valence-corrected chi connectivity index (χ4v) is 1.44. The van der Waals surface area contributed by atoms with E-state index in [2.05, 4.69) is 4.74 Å². The molecule has 3 N–H and O–H groups in total. The number of hydrogen-bond acceptors (Lipinski definition) is 4.